The molecule has 1 atom stereocenters. The molecule has 1 nitrogen and oxygen atoms in total. The van der Waals surface area contributed by atoms with Gasteiger partial charge in [-0.25, -0.2) is 0 Å². The Morgan fingerprint density at radius 2 is 1.73 bits per heavy atom. The molecule has 0 bridgehead atoms. The van der Waals surface area contributed by atoms with Crippen molar-refractivity contribution in [3.8, 4) is 12.3 Å². The minimum absolute atomic E-state index is 0.00843. The average Bonchev–Trinajstić information content (AvgIpc) is 1.99. The van der Waals surface area contributed by atoms with E-state index in [4.69, 9.17) is 10.8 Å². The fraction of sp³-hybridized carbons (Fsp3) is 0.846. The summed E-state index contributed by atoms with van der Waals surface area (Å²) in [4.78, 5) is 0. The van der Waals surface area contributed by atoms with Crippen molar-refractivity contribution in [1.82, 2.24) is 0 Å². The molecular formula is C13H26OSi. The predicted octanol–water partition coefficient (Wildman–Crippen LogP) is 4.06. The molecule has 0 aromatic rings. The molecule has 0 fully saturated rings. The Morgan fingerprint density at radius 3 is 2.00 bits per heavy atom. The van der Waals surface area contributed by atoms with Crippen molar-refractivity contribution in [3.05, 3.63) is 0 Å². The van der Waals surface area contributed by atoms with Gasteiger partial charge in [0.15, 0.2) is 8.32 Å². The third-order valence-electron chi connectivity index (χ3n) is 3.11. The van der Waals surface area contributed by atoms with Crippen LogP contribution in [0.2, 0.25) is 18.1 Å². The van der Waals surface area contributed by atoms with Crippen molar-refractivity contribution in [1.29, 1.82) is 0 Å². The van der Waals surface area contributed by atoms with Crippen molar-refractivity contribution in [2.24, 2.45) is 5.92 Å². The van der Waals surface area contributed by atoms with Gasteiger partial charge in [0.2, 0.25) is 0 Å². The molecule has 0 aliphatic heterocycles. The lowest BCUT2D eigenvalue weighted by atomic mass is 10.1. The van der Waals surface area contributed by atoms with Gasteiger partial charge in [0.25, 0.3) is 0 Å². The van der Waals surface area contributed by atoms with Crippen molar-refractivity contribution in [3.63, 3.8) is 0 Å². The molecule has 0 aromatic carbocycles. The van der Waals surface area contributed by atoms with Crippen molar-refractivity contribution in [2.75, 3.05) is 0 Å². The van der Waals surface area contributed by atoms with Gasteiger partial charge in [-0.05, 0) is 30.5 Å². The lowest BCUT2D eigenvalue weighted by molar-refractivity contribution is 0.207. The van der Waals surface area contributed by atoms with Gasteiger partial charge in [-0.15, -0.1) is 6.42 Å². The second kappa shape index (κ2) is 5.18. The van der Waals surface area contributed by atoms with Gasteiger partial charge in [0.05, 0.1) is 0 Å². The van der Waals surface area contributed by atoms with E-state index in [0.717, 1.165) is 6.42 Å². The molecule has 15 heavy (non-hydrogen) atoms. The van der Waals surface area contributed by atoms with E-state index in [9.17, 15) is 0 Å². The van der Waals surface area contributed by atoms with E-state index < -0.39 is 8.32 Å². The zero-order valence-electron chi connectivity index (χ0n) is 11.3. The summed E-state index contributed by atoms with van der Waals surface area (Å²) in [5, 5.41) is 0.235. The van der Waals surface area contributed by atoms with Crippen LogP contribution in [0.1, 0.15) is 41.0 Å². The molecule has 0 aliphatic carbocycles. The monoisotopic (exact) mass is 226 g/mol. The van der Waals surface area contributed by atoms with Gasteiger partial charge in [0, 0.05) is 0 Å². The summed E-state index contributed by atoms with van der Waals surface area (Å²) in [5.41, 5.74) is 0. The molecule has 0 aromatic heterocycles. The van der Waals surface area contributed by atoms with Gasteiger partial charge in [0.1, 0.15) is 6.10 Å². The Bertz CT molecular complexity index is 230. The van der Waals surface area contributed by atoms with E-state index in [0.29, 0.717) is 5.92 Å². The zero-order chi connectivity index (χ0) is 12.3. The quantitative estimate of drug-likeness (QED) is 0.519. The van der Waals surface area contributed by atoms with Crippen LogP contribution >= 0.6 is 0 Å². The first kappa shape index (κ1) is 14.7. The largest absolute Gasteiger partial charge is 0.403 e. The van der Waals surface area contributed by atoms with Crippen LogP contribution in [0, 0.1) is 18.3 Å². The molecule has 0 N–H and O–H groups in total. The normalized spacial score (nSPS) is 15.1. The van der Waals surface area contributed by atoms with E-state index in [-0.39, 0.29) is 11.1 Å². The molecule has 0 rings (SSSR count). The SMILES string of the molecule is C#CC(CC(C)C)O[Si](C)(C)C(C)(C)C. The van der Waals surface area contributed by atoms with Crippen LogP contribution in [0.4, 0.5) is 0 Å². The molecule has 0 radical (unpaired) electrons. The highest BCUT2D eigenvalue weighted by Crippen LogP contribution is 2.37. The van der Waals surface area contributed by atoms with Crippen LogP contribution in [0.5, 0.6) is 0 Å². The van der Waals surface area contributed by atoms with Gasteiger partial charge >= 0.3 is 0 Å². The van der Waals surface area contributed by atoms with E-state index >= 15 is 0 Å². The summed E-state index contributed by atoms with van der Waals surface area (Å²) in [6.07, 6.45) is 6.47. The van der Waals surface area contributed by atoms with Crippen LogP contribution in [-0.4, -0.2) is 14.4 Å². The standard InChI is InChI=1S/C13H26OSi/c1-9-12(10-11(2)3)14-15(7,8)13(4,5)6/h1,11-12H,10H2,2-8H3. The Hall–Kier alpha value is -0.263. The Balaban J connectivity index is 4.50. The molecule has 88 valence electrons. The van der Waals surface area contributed by atoms with Crippen LogP contribution in [0.3, 0.4) is 0 Å². The molecule has 0 saturated carbocycles. The summed E-state index contributed by atoms with van der Waals surface area (Å²) in [7, 11) is -1.70. The molecule has 0 aliphatic rings. The Kier molecular flexibility index (Phi) is 5.09. The zero-order valence-corrected chi connectivity index (χ0v) is 12.3. The molecule has 0 spiro atoms. The Morgan fingerprint density at radius 1 is 1.27 bits per heavy atom. The topological polar surface area (TPSA) is 9.23 Å². The fourth-order valence-corrected chi connectivity index (χ4v) is 2.34. The summed E-state index contributed by atoms with van der Waals surface area (Å²) >= 11 is 0. The first-order chi connectivity index (χ1) is 6.60. The maximum absolute atomic E-state index is 6.17. The maximum Gasteiger partial charge on any atom is 0.193 e. The fourth-order valence-electron chi connectivity index (χ4n) is 1.11. The van der Waals surface area contributed by atoms with E-state index in [1.54, 1.807) is 0 Å². The van der Waals surface area contributed by atoms with Crippen molar-refractivity contribution in [2.45, 2.75) is 65.3 Å². The van der Waals surface area contributed by atoms with E-state index in [1.807, 2.05) is 0 Å². The number of rotatable bonds is 4. The lowest BCUT2D eigenvalue weighted by Crippen LogP contribution is -2.43. The first-order valence-corrected chi connectivity index (χ1v) is 8.65. The van der Waals surface area contributed by atoms with E-state index in [1.165, 1.54) is 0 Å². The van der Waals surface area contributed by atoms with Gasteiger partial charge in [-0.3, -0.25) is 0 Å². The molecule has 0 heterocycles. The number of terminal acetylenes is 1. The van der Waals surface area contributed by atoms with Gasteiger partial charge < -0.3 is 4.43 Å². The highest BCUT2D eigenvalue weighted by molar-refractivity contribution is 6.74. The smallest absolute Gasteiger partial charge is 0.193 e. The average molecular weight is 226 g/mol. The molecule has 0 saturated heterocycles. The van der Waals surface area contributed by atoms with Crippen molar-refractivity contribution >= 4 is 8.32 Å². The lowest BCUT2D eigenvalue weighted by Gasteiger charge is -2.38. The highest BCUT2D eigenvalue weighted by atomic mass is 28.4. The van der Waals surface area contributed by atoms with Crippen LogP contribution in [0.15, 0.2) is 0 Å². The van der Waals surface area contributed by atoms with Crippen LogP contribution in [-0.2, 0) is 4.43 Å². The summed E-state index contributed by atoms with van der Waals surface area (Å²) in [6.45, 7) is 15.6. The van der Waals surface area contributed by atoms with Crippen LogP contribution < -0.4 is 0 Å². The highest BCUT2D eigenvalue weighted by Gasteiger charge is 2.38. The third-order valence-corrected chi connectivity index (χ3v) is 7.60. The van der Waals surface area contributed by atoms with Gasteiger partial charge in [-0.1, -0.05) is 40.5 Å². The third kappa shape index (κ3) is 4.86. The summed E-state index contributed by atoms with van der Waals surface area (Å²) in [6, 6.07) is 0. The van der Waals surface area contributed by atoms with Crippen LogP contribution in [0.25, 0.3) is 0 Å². The molecule has 0 amide bonds. The minimum atomic E-state index is -1.70. The number of hydrogen-bond acceptors (Lipinski definition) is 1. The predicted molar refractivity (Wildman–Crippen MR) is 70.4 cm³/mol. The molecule has 2 heteroatoms. The minimum Gasteiger partial charge on any atom is -0.403 e. The summed E-state index contributed by atoms with van der Waals surface area (Å²) < 4.78 is 6.17. The molecule has 1 unspecified atom stereocenters. The first-order valence-electron chi connectivity index (χ1n) is 5.74. The summed E-state index contributed by atoms with van der Waals surface area (Å²) in [5.74, 6) is 3.37. The second-order valence-corrected chi connectivity index (χ2v) is 10.9. The van der Waals surface area contributed by atoms with Crippen molar-refractivity contribution < 1.29 is 4.43 Å². The second-order valence-electron chi connectivity index (χ2n) is 6.16. The van der Waals surface area contributed by atoms with Gasteiger partial charge in [-0.2, -0.15) is 0 Å². The van der Waals surface area contributed by atoms with E-state index in [2.05, 4.69) is 53.6 Å². The molecular weight excluding hydrogens is 200 g/mol. The number of hydrogen-bond donors (Lipinski definition) is 0. The Labute approximate surface area is 96.7 Å². The maximum atomic E-state index is 6.17.